The summed E-state index contributed by atoms with van der Waals surface area (Å²) in [6.07, 6.45) is -2.10. The number of fused-ring (bicyclic) bond motifs is 1. The summed E-state index contributed by atoms with van der Waals surface area (Å²) in [5, 5.41) is 30.4. The number of aliphatic hydroxyl groups is 2. The highest BCUT2D eigenvalue weighted by Crippen LogP contribution is 2.28. The van der Waals surface area contributed by atoms with Gasteiger partial charge in [0.15, 0.2) is 6.10 Å². The van der Waals surface area contributed by atoms with Crippen molar-refractivity contribution in [2.45, 2.75) is 25.2 Å². The number of hydrogen-bond acceptors (Lipinski definition) is 7. The number of amides is 1. The summed E-state index contributed by atoms with van der Waals surface area (Å²) in [6.45, 7) is 3.27. The molecule has 31 heavy (non-hydrogen) atoms. The van der Waals surface area contributed by atoms with Crippen molar-refractivity contribution in [3.63, 3.8) is 0 Å². The third-order valence-electron chi connectivity index (χ3n) is 5.50. The van der Waals surface area contributed by atoms with Crippen molar-refractivity contribution >= 4 is 27.5 Å². The number of aliphatic hydroxyl groups excluding tert-OH is 2. The van der Waals surface area contributed by atoms with Gasteiger partial charge in [0.2, 0.25) is 0 Å². The fourth-order valence-corrected chi connectivity index (χ4v) is 4.75. The first-order valence-corrected chi connectivity index (χ1v) is 11.1. The zero-order valence-corrected chi connectivity index (χ0v) is 17.8. The lowest BCUT2D eigenvalue weighted by atomic mass is 10.1. The van der Waals surface area contributed by atoms with Crippen LogP contribution in [0, 0.1) is 11.3 Å². The van der Waals surface area contributed by atoms with Crippen LogP contribution in [0.2, 0.25) is 0 Å². The summed E-state index contributed by atoms with van der Waals surface area (Å²) < 4.78 is 0.907. The Bertz CT molecular complexity index is 1060. The van der Waals surface area contributed by atoms with E-state index in [0.29, 0.717) is 30.2 Å². The van der Waals surface area contributed by atoms with Crippen LogP contribution in [0.4, 0.5) is 0 Å². The van der Waals surface area contributed by atoms with Gasteiger partial charge in [-0.3, -0.25) is 9.69 Å². The topological polar surface area (TPSA) is 101 Å². The van der Waals surface area contributed by atoms with Crippen LogP contribution in [0.15, 0.2) is 48.5 Å². The van der Waals surface area contributed by atoms with Gasteiger partial charge in [-0.15, -0.1) is 11.3 Å². The maximum atomic E-state index is 12.9. The lowest BCUT2D eigenvalue weighted by Crippen LogP contribution is -2.43. The lowest BCUT2D eigenvalue weighted by molar-refractivity contribution is -0.146. The zero-order valence-electron chi connectivity index (χ0n) is 17.0. The second kappa shape index (κ2) is 9.54. The second-order valence-corrected chi connectivity index (χ2v) is 8.74. The molecule has 3 aromatic rings. The van der Waals surface area contributed by atoms with Crippen LogP contribution in [0.5, 0.6) is 0 Å². The summed E-state index contributed by atoms with van der Waals surface area (Å²) in [5.74, 6) is -0.466. The first-order valence-electron chi connectivity index (χ1n) is 10.3. The number of carbonyl (C=O) groups is 1. The van der Waals surface area contributed by atoms with E-state index >= 15 is 0 Å². The van der Waals surface area contributed by atoms with Gasteiger partial charge >= 0.3 is 0 Å². The molecule has 1 fully saturated rings. The predicted molar refractivity (Wildman–Crippen MR) is 118 cm³/mol. The summed E-state index contributed by atoms with van der Waals surface area (Å²) in [4.78, 5) is 21.1. The van der Waals surface area contributed by atoms with Crippen molar-refractivity contribution in [1.29, 1.82) is 5.26 Å². The van der Waals surface area contributed by atoms with E-state index in [9.17, 15) is 15.0 Å². The van der Waals surface area contributed by atoms with Crippen molar-refractivity contribution in [3.05, 3.63) is 64.7 Å². The van der Waals surface area contributed by atoms with E-state index < -0.39 is 18.1 Å². The first kappa shape index (κ1) is 21.4. The summed E-state index contributed by atoms with van der Waals surface area (Å²) in [7, 11) is 0. The number of carbonyl (C=O) groups excluding carboxylic acids is 1. The van der Waals surface area contributed by atoms with Gasteiger partial charge in [-0.2, -0.15) is 5.26 Å². The number of thiazole rings is 1. The molecule has 0 aliphatic carbocycles. The smallest absolute Gasteiger partial charge is 0.254 e. The Morgan fingerprint density at radius 2 is 1.87 bits per heavy atom. The number of hydrogen-bond donors (Lipinski definition) is 2. The molecule has 0 bridgehead atoms. The quantitative estimate of drug-likeness (QED) is 0.637. The van der Waals surface area contributed by atoms with Gasteiger partial charge in [0.05, 0.1) is 21.8 Å². The maximum absolute atomic E-state index is 12.9. The van der Waals surface area contributed by atoms with Gasteiger partial charge < -0.3 is 15.1 Å². The Labute approximate surface area is 184 Å². The van der Waals surface area contributed by atoms with Crippen molar-refractivity contribution in [2.24, 2.45) is 0 Å². The average molecular weight is 437 g/mol. The van der Waals surface area contributed by atoms with E-state index in [1.54, 1.807) is 4.90 Å². The van der Waals surface area contributed by atoms with Crippen molar-refractivity contribution < 1.29 is 15.0 Å². The highest BCUT2D eigenvalue weighted by atomic mass is 32.1. The molecule has 1 aromatic heterocycles. The van der Waals surface area contributed by atoms with E-state index in [0.717, 1.165) is 35.3 Å². The van der Waals surface area contributed by atoms with E-state index in [1.165, 1.54) is 11.3 Å². The van der Waals surface area contributed by atoms with Gasteiger partial charge in [0, 0.05) is 32.7 Å². The number of nitrogens with zero attached hydrogens (tertiary/aromatic N) is 4. The third kappa shape index (κ3) is 4.92. The van der Waals surface area contributed by atoms with Crippen LogP contribution in [0.3, 0.4) is 0 Å². The van der Waals surface area contributed by atoms with Crippen LogP contribution < -0.4 is 0 Å². The third-order valence-corrected chi connectivity index (χ3v) is 6.61. The van der Waals surface area contributed by atoms with Crippen LogP contribution in [0.1, 0.15) is 28.7 Å². The molecular formula is C23H24N4O3S. The monoisotopic (exact) mass is 436 g/mol. The first-order chi connectivity index (χ1) is 15.0. The minimum atomic E-state index is -1.54. The molecule has 2 unspecified atom stereocenters. The van der Waals surface area contributed by atoms with Crippen molar-refractivity contribution in [1.82, 2.24) is 14.8 Å². The summed E-state index contributed by atoms with van der Waals surface area (Å²) >= 11 is 1.29. The minimum Gasteiger partial charge on any atom is -0.383 e. The van der Waals surface area contributed by atoms with Crippen LogP contribution in [-0.4, -0.2) is 63.2 Å². The van der Waals surface area contributed by atoms with E-state index in [1.807, 2.05) is 48.5 Å². The second-order valence-electron chi connectivity index (χ2n) is 7.67. The Hall–Kier alpha value is -2.83. The minimum absolute atomic E-state index is 0.347. The lowest BCUT2D eigenvalue weighted by Gasteiger charge is -2.25. The van der Waals surface area contributed by atoms with Gasteiger partial charge in [-0.1, -0.05) is 24.3 Å². The molecule has 7 nitrogen and oxygen atoms in total. The molecule has 0 saturated carbocycles. The van der Waals surface area contributed by atoms with Crippen molar-refractivity contribution in [3.8, 4) is 6.07 Å². The SMILES string of the molecule is N#Cc1ccc(CN2CCCN(C(=O)C(O)C(O)c3nc4ccccc4s3)CC2)cc1. The molecule has 1 aliphatic rings. The largest absolute Gasteiger partial charge is 0.383 e. The normalized spacial score (nSPS) is 17.1. The van der Waals surface area contributed by atoms with Gasteiger partial charge in [0.1, 0.15) is 11.1 Å². The number of rotatable bonds is 5. The highest BCUT2D eigenvalue weighted by molar-refractivity contribution is 7.18. The molecule has 2 N–H and O–H groups in total. The molecule has 1 amide bonds. The van der Waals surface area contributed by atoms with Crippen LogP contribution in [0.25, 0.3) is 10.2 Å². The van der Waals surface area contributed by atoms with E-state index in [4.69, 9.17) is 5.26 Å². The Morgan fingerprint density at radius 1 is 1.10 bits per heavy atom. The molecule has 1 saturated heterocycles. The molecule has 4 rings (SSSR count). The fraction of sp³-hybridized carbons (Fsp3) is 0.348. The fourth-order valence-electron chi connectivity index (χ4n) is 3.77. The Kier molecular flexibility index (Phi) is 6.59. The van der Waals surface area contributed by atoms with E-state index in [2.05, 4.69) is 16.0 Å². The molecule has 8 heteroatoms. The molecule has 2 heterocycles. The average Bonchev–Trinajstić information content (AvgIpc) is 3.11. The standard InChI is InChI=1S/C23H24N4O3S/c24-14-16-6-8-17(9-7-16)15-26-10-3-11-27(13-12-26)23(30)21(29)20(28)22-25-18-4-1-2-5-19(18)31-22/h1-2,4-9,20-21,28-29H,3,10-13,15H2. The number of benzene rings is 2. The molecule has 1 aliphatic heterocycles. The highest BCUT2D eigenvalue weighted by Gasteiger charge is 2.32. The van der Waals surface area contributed by atoms with E-state index in [-0.39, 0.29) is 0 Å². The summed E-state index contributed by atoms with van der Waals surface area (Å²) in [5.41, 5.74) is 2.50. The molecule has 2 aromatic carbocycles. The molecule has 2 atom stereocenters. The van der Waals surface area contributed by atoms with Gasteiger partial charge in [-0.25, -0.2) is 4.98 Å². The van der Waals surface area contributed by atoms with Crippen molar-refractivity contribution in [2.75, 3.05) is 26.2 Å². The summed E-state index contributed by atoms with van der Waals surface area (Å²) in [6, 6.07) is 17.1. The number of aromatic nitrogens is 1. The maximum Gasteiger partial charge on any atom is 0.254 e. The molecule has 0 spiro atoms. The van der Waals surface area contributed by atoms with Gasteiger partial charge in [0.25, 0.3) is 5.91 Å². The zero-order chi connectivity index (χ0) is 21.8. The molecular weight excluding hydrogens is 412 g/mol. The van der Waals surface area contributed by atoms with Crippen LogP contribution in [-0.2, 0) is 11.3 Å². The molecule has 0 radical (unpaired) electrons. The number of para-hydroxylation sites is 1. The van der Waals surface area contributed by atoms with Crippen LogP contribution >= 0.6 is 11.3 Å². The Balaban J connectivity index is 1.36. The Morgan fingerprint density at radius 3 is 2.61 bits per heavy atom. The molecule has 160 valence electrons. The number of nitriles is 1. The predicted octanol–water partition coefficient (Wildman–Crippen LogP) is 2.30. The van der Waals surface area contributed by atoms with Gasteiger partial charge in [-0.05, 0) is 36.2 Å².